The lowest BCUT2D eigenvalue weighted by atomic mass is 9.97. The summed E-state index contributed by atoms with van der Waals surface area (Å²) in [5.41, 5.74) is 23.9. The highest BCUT2D eigenvalue weighted by Crippen LogP contribution is 2.44. The summed E-state index contributed by atoms with van der Waals surface area (Å²) >= 11 is 0. The summed E-state index contributed by atoms with van der Waals surface area (Å²) in [6.45, 7) is 7.93. The van der Waals surface area contributed by atoms with E-state index in [1.165, 1.54) is 12.3 Å². The molecule has 6 N–H and O–H groups in total. The number of nitrogen functional groups attached to an aromatic ring is 1. The first-order valence-electron chi connectivity index (χ1n) is 10.8. The molecule has 0 aromatic carbocycles. The Kier molecular flexibility index (Phi) is 8.61. The van der Waals surface area contributed by atoms with Crippen molar-refractivity contribution in [1.29, 1.82) is 0 Å². The fourth-order valence-corrected chi connectivity index (χ4v) is 3.39. The third-order valence-electron chi connectivity index (χ3n) is 5.68. The Hall–Kier alpha value is -3.19. The second-order valence-electron chi connectivity index (χ2n) is 8.95. The lowest BCUT2D eigenvalue weighted by Crippen LogP contribution is -2.50. The van der Waals surface area contributed by atoms with Gasteiger partial charge in [-0.1, -0.05) is 39.7 Å². The van der Waals surface area contributed by atoms with Crippen LogP contribution in [0.4, 0.5) is 5.82 Å². The van der Waals surface area contributed by atoms with Gasteiger partial charge >= 0.3 is 17.6 Å². The number of aromatic nitrogens is 2. The lowest BCUT2D eigenvalue weighted by molar-refractivity contribution is -0.179. The number of nitrogens with two attached hydrogens (primary N) is 3. The van der Waals surface area contributed by atoms with Crippen LogP contribution in [0.1, 0.15) is 40.8 Å². The van der Waals surface area contributed by atoms with Crippen molar-refractivity contribution in [2.45, 2.75) is 64.8 Å². The number of carbonyl (C=O) groups excluding carboxylic acids is 2. The van der Waals surface area contributed by atoms with Crippen LogP contribution in [0.5, 0.6) is 0 Å². The van der Waals surface area contributed by atoms with E-state index >= 15 is 0 Å². The van der Waals surface area contributed by atoms with E-state index in [2.05, 4.69) is 15.0 Å². The standard InChI is InChI=1S/C20H32N8O6/c1-9(2)13(22)17(29)32-8-20(26-27-24)15(33-18(30)14(23)10(3)4)11(5)16(34-20)28-7-6-12(21)25-19(28)31/h6-7,9-11,13-16H,8,22-23H2,1-5H3,(H2,21,25,31)/t11-,13+,14+,15+,16-,20-/m1/s1. The number of hydrogen-bond donors (Lipinski definition) is 3. The van der Waals surface area contributed by atoms with Crippen LogP contribution in [0.3, 0.4) is 0 Å². The van der Waals surface area contributed by atoms with E-state index in [-0.39, 0.29) is 17.7 Å². The maximum absolute atomic E-state index is 12.7. The predicted molar refractivity (Wildman–Crippen MR) is 121 cm³/mol. The molecule has 1 aromatic heterocycles. The summed E-state index contributed by atoms with van der Waals surface area (Å²) < 4.78 is 18.0. The van der Waals surface area contributed by atoms with Gasteiger partial charge in [0.2, 0.25) is 5.72 Å². The second-order valence-corrected chi connectivity index (χ2v) is 8.95. The molecule has 0 unspecified atom stereocenters. The molecule has 0 aliphatic carbocycles. The molecule has 2 rings (SSSR count). The molecule has 1 aromatic rings. The number of carbonyl (C=O) groups is 2. The van der Waals surface area contributed by atoms with Crippen molar-refractivity contribution >= 4 is 17.8 Å². The number of esters is 2. The van der Waals surface area contributed by atoms with Gasteiger partial charge in [-0.2, -0.15) is 4.98 Å². The van der Waals surface area contributed by atoms with Crippen LogP contribution in [-0.2, 0) is 23.8 Å². The molecule has 1 aliphatic heterocycles. The molecule has 14 nitrogen and oxygen atoms in total. The molecule has 0 radical (unpaired) electrons. The third kappa shape index (κ3) is 5.65. The first kappa shape index (κ1) is 27.1. The number of azide groups is 1. The summed E-state index contributed by atoms with van der Waals surface area (Å²) in [6, 6.07) is -0.549. The van der Waals surface area contributed by atoms with Gasteiger partial charge in [0.05, 0.1) is 0 Å². The van der Waals surface area contributed by atoms with Crippen LogP contribution in [-0.4, -0.2) is 52.0 Å². The van der Waals surface area contributed by atoms with Gasteiger partial charge in [-0.3, -0.25) is 14.2 Å². The average molecular weight is 481 g/mol. The summed E-state index contributed by atoms with van der Waals surface area (Å²) in [6.07, 6.45) is -1.02. The molecule has 1 saturated heterocycles. The van der Waals surface area contributed by atoms with Gasteiger partial charge in [-0.25, -0.2) is 4.79 Å². The van der Waals surface area contributed by atoms with Gasteiger partial charge < -0.3 is 31.4 Å². The molecule has 1 fully saturated rings. The number of anilines is 1. The molecular weight excluding hydrogens is 448 g/mol. The number of nitrogens with zero attached hydrogens (tertiary/aromatic N) is 5. The van der Waals surface area contributed by atoms with Crippen molar-refractivity contribution in [3.63, 3.8) is 0 Å². The first-order chi connectivity index (χ1) is 15.8. The van der Waals surface area contributed by atoms with E-state index in [9.17, 15) is 19.9 Å². The minimum absolute atomic E-state index is 0.00398. The van der Waals surface area contributed by atoms with Crippen LogP contribution >= 0.6 is 0 Å². The molecule has 34 heavy (non-hydrogen) atoms. The first-order valence-corrected chi connectivity index (χ1v) is 10.8. The molecule has 2 heterocycles. The zero-order valence-electron chi connectivity index (χ0n) is 19.8. The van der Waals surface area contributed by atoms with Crippen LogP contribution in [0, 0.1) is 17.8 Å². The van der Waals surface area contributed by atoms with Crippen molar-refractivity contribution in [1.82, 2.24) is 9.55 Å². The highest BCUT2D eigenvalue weighted by atomic mass is 16.6. The Labute approximate surface area is 196 Å². The van der Waals surface area contributed by atoms with Crippen LogP contribution in [0.25, 0.3) is 10.4 Å². The van der Waals surface area contributed by atoms with Gasteiger partial charge in [0.15, 0.2) is 0 Å². The van der Waals surface area contributed by atoms with Crippen molar-refractivity contribution in [2.24, 2.45) is 34.3 Å². The number of ether oxygens (including phenoxy) is 3. The van der Waals surface area contributed by atoms with Crippen molar-refractivity contribution in [3.8, 4) is 0 Å². The Morgan fingerprint density at radius 1 is 1.26 bits per heavy atom. The zero-order valence-corrected chi connectivity index (χ0v) is 19.8. The Bertz CT molecular complexity index is 1010. The quantitative estimate of drug-likeness (QED) is 0.191. The largest absolute Gasteiger partial charge is 0.461 e. The van der Waals surface area contributed by atoms with E-state index in [0.29, 0.717) is 0 Å². The Morgan fingerprint density at radius 3 is 2.38 bits per heavy atom. The summed E-state index contributed by atoms with van der Waals surface area (Å²) in [5.74, 6) is -2.78. The van der Waals surface area contributed by atoms with Crippen LogP contribution < -0.4 is 22.9 Å². The van der Waals surface area contributed by atoms with Crippen molar-refractivity contribution in [3.05, 3.63) is 33.2 Å². The molecule has 1 aliphatic rings. The van der Waals surface area contributed by atoms with E-state index in [4.69, 9.17) is 31.4 Å². The minimum atomic E-state index is -2.00. The van der Waals surface area contributed by atoms with Crippen LogP contribution in [0.15, 0.2) is 22.2 Å². The van der Waals surface area contributed by atoms with Crippen molar-refractivity contribution < 1.29 is 23.8 Å². The Balaban J connectivity index is 2.49. The molecule has 0 spiro atoms. The lowest BCUT2D eigenvalue weighted by Gasteiger charge is -2.31. The highest BCUT2D eigenvalue weighted by molar-refractivity contribution is 5.76. The van der Waals surface area contributed by atoms with Crippen LogP contribution in [0.2, 0.25) is 0 Å². The molecule has 0 saturated carbocycles. The fraction of sp³-hybridized carbons (Fsp3) is 0.700. The molecule has 0 amide bonds. The third-order valence-corrected chi connectivity index (χ3v) is 5.68. The van der Waals surface area contributed by atoms with E-state index in [1.807, 2.05) is 0 Å². The highest BCUT2D eigenvalue weighted by Gasteiger charge is 2.58. The molecule has 6 atom stereocenters. The number of hydrogen-bond acceptors (Lipinski definition) is 11. The molecule has 0 bridgehead atoms. The average Bonchev–Trinajstić information content (AvgIpc) is 3.02. The monoisotopic (exact) mass is 480 g/mol. The van der Waals surface area contributed by atoms with Gasteiger partial charge in [-0.15, -0.1) is 0 Å². The number of rotatable bonds is 9. The second kappa shape index (κ2) is 10.8. The minimum Gasteiger partial charge on any atom is -0.461 e. The SMILES string of the molecule is CC(C)[C@H](N)C(=O)OC[C@@]1(N=[N+]=[N-])O[C@@H](n2ccc(N)nc2=O)[C@H](C)[C@@H]1OC(=O)[C@@H](N)C(C)C. The van der Waals surface area contributed by atoms with Gasteiger partial charge in [0.25, 0.3) is 0 Å². The summed E-state index contributed by atoms with van der Waals surface area (Å²) in [4.78, 5) is 44.0. The normalized spacial score (nSPS) is 26.1. The molecule has 14 heteroatoms. The van der Waals surface area contributed by atoms with Gasteiger partial charge in [0.1, 0.15) is 36.8 Å². The smallest absolute Gasteiger partial charge is 0.351 e. The van der Waals surface area contributed by atoms with Gasteiger partial charge in [0, 0.05) is 17.0 Å². The molecule has 188 valence electrons. The van der Waals surface area contributed by atoms with E-state index in [1.54, 1.807) is 34.6 Å². The van der Waals surface area contributed by atoms with E-state index < -0.39 is 60.3 Å². The zero-order chi connectivity index (χ0) is 25.8. The predicted octanol–water partition coefficient (Wildman–Crippen LogP) is 0.419. The summed E-state index contributed by atoms with van der Waals surface area (Å²) in [5, 5.41) is 3.71. The van der Waals surface area contributed by atoms with Crippen molar-refractivity contribution in [2.75, 3.05) is 12.3 Å². The Morgan fingerprint density at radius 2 is 1.85 bits per heavy atom. The fourth-order valence-electron chi connectivity index (χ4n) is 3.39. The maximum Gasteiger partial charge on any atom is 0.351 e. The summed E-state index contributed by atoms with van der Waals surface area (Å²) in [7, 11) is 0. The van der Waals surface area contributed by atoms with E-state index in [0.717, 1.165) is 4.57 Å². The van der Waals surface area contributed by atoms with Gasteiger partial charge in [-0.05, 0) is 23.4 Å². The maximum atomic E-state index is 12.7. The topological polar surface area (TPSA) is 224 Å². The molecular formula is C20H32N8O6.